The number of pyridine rings is 1. The van der Waals surface area contributed by atoms with E-state index in [1.165, 1.54) is 5.56 Å². The molecule has 2 fully saturated rings. The van der Waals surface area contributed by atoms with Gasteiger partial charge in [0.25, 0.3) is 5.91 Å². The fraction of sp³-hybridized carbons (Fsp3) is 0.455. The smallest absolute Gasteiger partial charge is 0.253 e. The number of anilines is 1. The topological polar surface area (TPSA) is 66.5 Å². The second-order valence-corrected chi connectivity index (χ2v) is 7.54. The lowest BCUT2D eigenvalue weighted by atomic mass is 10.2. The highest BCUT2D eigenvalue weighted by Crippen LogP contribution is 2.21. The molecule has 1 saturated heterocycles. The summed E-state index contributed by atoms with van der Waals surface area (Å²) in [6.45, 7) is 5.43. The van der Waals surface area contributed by atoms with Gasteiger partial charge in [0.2, 0.25) is 0 Å². The molecule has 4 rings (SSSR count). The summed E-state index contributed by atoms with van der Waals surface area (Å²) in [5, 5.41) is 6.63. The number of benzene rings is 1. The van der Waals surface area contributed by atoms with Crippen LogP contribution in [0, 0.1) is 0 Å². The van der Waals surface area contributed by atoms with E-state index in [0.29, 0.717) is 24.3 Å². The van der Waals surface area contributed by atoms with Gasteiger partial charge in [0.05, 0.1) is 12.2 Å². The molecule has 6 nitrogen and oxygen atoms in total. The van der Waals surface area contributed by atoms with Gasteiger partial charge in [-0.1, -0.05) is 12.1 Å². The van der Waals surface area contributed by atoms with Crippen molar-refractivity contribution in [1.29, 1.82) is 0 Å². The second-order valence-electron chi connectivity index (χ2n) is 7.54. The standard InChI is InChI=1S/C22H28N4O2/c1-2-28-20-8-3-16(4-9-20)13-23-19-11-12-26(15-19)21-10-5-17(14-24-21)22(27)25-18-6-7-18/h3-5,8-10,14,18-19,23H,2,6-7,11-13,15H2,1H3,(H,25,27)/t19-/m1/s1. The van der Waals surface area contributed by atoms with E-state index in [4.69, 9.17) is 4.74 Å². The van der Waals surface area contributed by atoms with Crippen molar-refractivity contribution in [2.24, 2.45) is 0 Å². The third kappa shape index (κ3) is 4.81. The van der Waals surface area contributed by atoms with Crippen molar-refractivity contribution < 1.29 is 9.53 Å². The van der Waals surface area contributed by atoms with E-state index in [9.17, 15) is 4.79 Å². The number of hydrogen-bond donors (Lipinski definition) is 2. The number of amides is 1. The molecule has 2 aliphatic rings. The quantitative estimate of drug-likeness (QED) is 0.737. The maximum absolute atomic E-state index is 12.1. The van der Waals surface area contributed by atoms with Crippen LogP contribution in [0.2, 0.25) is 0 Å². The Morgan fingerprint density at radius 3 is 2.64 bits per heavy atom. The van der Waals surface area contributed by atoms with Gasteiger partial charge in [-0.3, -0.25) is 4.79 Å². The summed E-state index contributed by atoms with van der Waals surface area (Å²) in [7, 11) is 0. The molecule has 1 saturated carbocycles. The Morgan fingerprint density at radius 1 is 1.14 bits per heavy atom. The zero-order chi connectivity index (χ0) is 19.3. The Hall–Kier alpha value is -2.60. The molecule has 6 heteroatoms. The molecule has 1 amide bonds. The van der Waals surface area contributed by atoms with Crippen LogP contribution in [0.1, 0.15) is 42.1 Å². The maximum Gasteiger partial charge on any atom is 0.253 e. The molecule has 0 spiro atoms. The van der Waals surface area contributed by atoms with Crippen LogP contribution in [-0.2, 0) is 6.54 Å². The maximum atomic E-state index is 12.1. The van der Waals surface area contributed by atoms with Crippen LogP contribution in [0.15, 0.2) is 42.6 Å². The minimum absolute atomic E-state index is 0.0159. The molecule has 28 heavy (non-hydrogen) atoms. The lowest BCUT2D eigenvalue weighted by Crippen LogP contribution is -2.32. The van der Waals surface area contributed by atoms with Crippen molar-refractivity contribution >= 4 is 11.7 Å². The summed E-state index contributed by atoms with van der Waals surface area (Å²) in [6, 6.07) is 12.9. The Morgan fingerprint density at radius 2 is 1.96 bits per heavy atom. The van der Waals surface area contributed by atoms with Gasteiger partial charge in [-0.25, -0.2) is 4.98 Å². The van der Waals surface area contributed by atoms with Gasteiger partial charge >= 0.3 is 0 Å². The molecular weight excluding hydrogens is 352 g/mol. The van der Waals surface area contributed by atoms with Crippen LogP contribution < -0.4 is 20.3 Å². The highest BCUT2D eigenvalue weighted by atomic mass is 16.5. The zero-order valence-electron chi connectivity index (χ0n) is 16.4. The minimum Gasteiger partial charge on any atom is -0.494 e. The summed E-state index contributed by atoms with van der Waals surface area (Å²) in [5.74, 6) is 1.84. The number of aromatic nitrogens is 1. The van der Waals surface area contributed by atoms with Gasteiger partial charge in [-0.2, -0.15) is 0 Å². The lowest BCUT2D eigenvalue weighted by Gasteiger charge is -2.18. The van der Waals surface area contributed by atoms with Crippen LogP contribution in [0.25, 0.3) is 0 Å². The first-order valence-electron chi connectivity index (χ1n) is 10.2. The van der Waals surface area contributed by atoms with E-state index in [0.717, 1.165) is 50.5 Å². The zero-order valence-corrected chi connectivity index (χ0v) is 16.4. The molecule has 2 heterocycles. The average Bonchev–Trinajstić information content (AvgIpc) is 3.41. The number of rotatable bonds is 8. The molecule has 148 valence electrons. The van der Waals surface area contributed by atoms with E-state index in [1.807, 2.05) is 31.2 Å². The third-order valence-electron chi connectivity index (χ3n) is 5.26. The fourth-order valence-electron chi connectivity index (χ4n) is 3.47. The predicted molar refractivity (Wildman–Crippen MR) is 110 cm³/mol. The Kier molecular flexibility index (Phi) is 5.76. The van der Waals surface area contributed by atoms with Crippen molar-refractivity contribution in [2.45, 2.75) is 44.8 Å². The summed E-state index contributed by atoms with van der Waals surface area (Å²) >= 11 is 0. The first-order chi connectivity index (χ1) is 13.7. The molecule has 1 aromatic heterocycles. The van der Waals surface area contributed by atoms with Crippen molar-refractivity contribution in [3.63, 3.8) is 0 Å². The van der Waals surface area contributed by atoms with Crippen molar-refractivity contribution in [3.8, 4) is 5.75 Å². The molecule has 1 aliphatic heterocycles. The van der Waals surface area contributed by atoms with Crippen molar-refractivity contribution in [3.05, 3.63) is 53.7 Å². The minimum atomic E-state index is -0.0159. The number of hydrogen-bond acceptors (Lipinski definition) is 5. The van der Waals surface area contributed by atoms with Crippen LogP contribution in [-0.4, -0.2) is 42.7 Å². The normalized spacial score (nSPS) is 18.9. The van der Waals surface area contributed by atoms with Gasteiger partial charge in [-0.15, -0.1) is 0 Å². The van der Waals surface area contributed by atoms with Crippen LogP contribution in [0.4, 0.5) is 5.82 Å². The van der Waals surface area contributed by atoms with Gasteiger partial charge < -0.3 is 20.3 Å². The summed E-state index contributed by atoms with van der Waals surface area (Å²) in [5.41, 5.74) is 1.89. The predicted octanol–water partition coefficient (Wildman–Crippen LogP) is 2.74. The van der Waals surface area contributed by atoms with E-state index >= 15 is 0 Å². The number of nitrogens with one attached hydrogen (secondary N) is 2. The molecule has 2 aromatic rings. The molecule has 0 bridgehead atoms. The summed E-state index contributed by atoms with van der Waals surface area (Å²) in [6.07, 6.45) is 4.96. The van der Waals surface area contributed by atoms with E-state index in [-0.39, 0.29) is 5.91 Å². The number of carbonyl (C=O) groups is 1. The van der Waals surface area contributed by atoms with Crippen LogP contribution in [0.3, 0.4) is 0 Å². The fourth-order valence-corrected chi connectivity index (χ4v) is 3.47. The first kappa shape index (κ1) is 18.7. The number of carbonyl (C=O) groups excluding carboxylic acids is 1. The van der Waals surface area contributed by atoms with Crippen molar-refractivity contribution in [2.75, 3.05) is 24.6 Å². The van der Waals surface area contributed by atoms with E-state index in [2.05, 4.69) is 32.7 Å². The summed E-state index contributed by atoms with van der Waals surface area (Å²) < 4.78 is 5.49. The van der Waals surface area contributed by atoms with E-state index in [1.54, 1.807) is 6.20 Å². The Labute approximate surface area is 166 Å². The summed E-state index contributed by atoms with van der Waals surface area (Å²) in [4.78, 5) is 18.9. The highest BCUT2D eigenvalue weighted by molar-refractivity contribution is 5.94. The number of ether oxygens (including phenoxy) is 1. The van der Waals surface area contributed by atoms with Gasteiger partial charge in [-0.05, 0) is 56.0 Å². The third-order valence-corrected chi connectivity index (χ3v) is 5.26. The molecule has 1 aromatic carbocycles. The average molecular weight is 380 g/mol. The molecule has 0 radical (unpaired) electrons. The van der Waals surface area contributed by atoms with Gasteiger partial charge in [0, 0.05) is 37.9 Å². The largest absolute Gasteiger partial charge is 0.494 e. The molecule has 1 aliphatic carbocycles. The Bertz CT molecular complexity index is 787. The molecule has 2 N–H and O–H groups in total. The second kappa shape index (κ2) is 8.61. The molecular formula is C22H28N4O2. The van der Waals surface area contributed by atoms with Crippen LogP contribution >= 0.6 is 0 Å². The van der Waals surface area contributed by atoms with E-state index < -0.39 is 0 Å². The molecule has 0 unspecified atom stereocenters. The van der Waals surface area contributed by atoms with Crippen molar-refractivity contribution in [1.82, 2.24) is 15.6 Å². The van der Waals surface area contributed by atoms with Gasteiger partial charge in [0.15, 0.2) is 0 Å². The Balaban J connectivity index is 1.26. The lowest BCUT2D eigenvalue weighted by molar-refractivity contribution is 0.0950. The first-order valence-corrected chi connectivity index (χ1v) is 10.2. The molecule has 1 atom stereocenters. The monoisotopic (exact) mass is 380 g/mol. The van der Waals surface area contributed by atoms with Crippen LogP contribution in [0.5, 0.6) is 5.75 Å². The highest BCUT2D eigenvalue weighted by Gasteiger charge is 2.25. The number of nitrogens with zero attached hydrogens (tertiary/aromatic N) is 2. The SMILES string of the molecule is CCOc1ccc(CN[C@@H]2CCN(c3ccc(C(=O)NC4CC4)cn3)C2)cc1. The van der Waals surface area contributed by atoms with Gasteiger partial charge in [0.1, 0.15) is 11.6 Å².